The van der Waals surface area contributed by atoms with Gasteiger partial charge in [-0.2, -0.15) is 0 Å². The second kappa shape index (κ2) is 7.72. The molecule has 0 saturated heterocycles. The highest BCUT2D eigenvalue weighted by molar-refractivity contribution is 5.96. The number of likely N-dealkylation sites (N-methyl/N-ethyl adjacent to an activating group) is 1. The Kier molecular flexibility index (Phi) is 5.09. The van der Waals surface area contributed by atoms with Gasteiger partial charge in [0.1, 0.15) is 0 Å². The number of aliphatic hydroxyl groups is 1. The van der Waals surface area contributed by atoms with Gasteiger partial charge in [-0.1, -0.05) is 30.3 Å². The minimum absolute atomic E-state index is 0.0237. The molecule has 0 radical (unpaired) electrons. The molecule has 30 heavy (non-hydrogen) atoms. The van der Waals surface area contributed by atoms with Crippen LogP contribution in [0.15, 0.2) is 53.0 Å². The highest BCUT2D eigenvalue weighted by atomic mass is 19.2. The number of carbonyl (C=O) groups is 1. The second-order valence-electron chi connectivity index (χ2n) is 7.05. The standard InChI is InChI=1S/C22H18F2N2O4/c1-26(22(29)19(27)7-12-5-3-2-4-6-12)18-11-30-10-17-20(18)13-8-15(23)16(24)9-14(13)21(28)25-17/h2-9,18,27H,10-11H2,1H3,(H,25,28). The zero-order valence-corrected chi connectivity index (χ0v) is 16.0. The molecule has 154 valence electrons. The Hall–Kier alpha value is -3.52. The van der Waals surface area contributed by atoms with E-state index in [-0.39, 0.29) is 24.0 Å². The van der Waals surface area contributed by atoms with Gasteiger partial charge in [0.25, 0.3) is 11.5 Å². The molecule has 8 heteroatoms. The van der Waals surface area contributed by atoms with Crippen molar-refractivity contribution in [2.75, 3.05) is 13.7 Å². The van der Waals surface area contributed by atoms with Crippen molar-refractivity contribution in [3.63, 3.8) is 0 Å². The SMILES string of the molecule is CN(C(=O)C(O)=Cc1ccccc1)C1COCc2[nH]c(=O)c3cc(F)c(F)cc3c21. The minimum atomic E-state index is -1.13. The van der Waals surface area contributed by atoms with E-state index in [1.54, 1.807) is 24.3 Å². The normalized spacial score (nSPS) is 16.4. The summed E-state index contributed by atoms with van der Waals surface area (Å²) in [4.78, 5) is 29.0. The van der Waals surface area contributed by atoms with E-state index < -0.39 is 34.9 Å². The van der Waals surface area contributed by atoms with E-state index >= 15 is 0 Å². The quantitative estimate of drug-likeness (QED) is 0.510. The number of fused-ring (bicyclic) bond motifs is 3. The van der Waals surface area contributed by atoms with Crippen molar-refractivity contribution in [3.8, 4) is 0 Å². The summed E-state index contributed by atoms with van der Waals surface area (Å²) in [5, 5.41) is 10.5. The molecule has 1 amide bonds. The molecule has 4 rings (SSSR count). The molecule has 1 unspecified atom stereocenters. The fraction of sp³-hybridized carbons (Fsp3) is 0.182. The Morgan fingerprint density at radius 2 is 1.87 bits per heavy atom. The number of benzene rings is 2. The molecule has 3 aromatic rings. The molecule has 0 bridgehead atoms. The first-order chi connectivity index (χ1) is 14.4. The van der Waals surface area contributed by atoms with Crippen LogP contribution in [0.25, 0.3) is 16.8 Å². The lowest BCUT2D eigenvalue weighted by molar-refractivity contribution is -0.132. The monoisotopic (exact) mass is 412 g/mol. The molecule has 0 aliphatic carbocycles. The number of amides is 1. The van der Waals surface area contributed by atoms with Crippen molar-refractivity contribution in [2.45, 2.75) is 12.6 Å². The van der Waals surface area contributed by atoms with E-state index in [4.69, 9.17) is 4.74 Å². The van der Waals surface area contributed by atoms with E-state index in [0.717, 1.165) is 12.1 Å². The Balaban J connectivity index is 1.78. The van der Waals surface area contributed by atoms with Gasteiger partial charge in [0.05, 0.1) is 24.6 Å². The fourth-order valence-corrected chi connectivity index (χ4v) is 3.64. The Bertz CT molecular complexity index is 1220. The first kappa shape index (κ1) is 19.8. The number of nitrogens with one attached hydrogen (secondary N) is 1. The largest absolute Gasteiger partial charge is 0.503 e. The van der Waals surface area contributed by atoms with Crippen LogP contribution in [0, 0.1) is 11.6 Å². The summed E-state index contributed by atoms with van der Waals surface area (Å²) in [5.41, 5.74) is 0.899. The van der Waals surface area contributed by atoms with Crippen molar-refractivity contribution < 1.29 is 23.4 Å². The number of aromatic amines is 1. The lowest BCUT2D eigenvalue weighted by Gasteiger charge is -2.33. The maximum absolute atomic E-state index is 14.0. The Morgan fingerprint density at radius 3 is 2.57 bits per heavy atom. The molecule has 1 atom stereocenters. The summed E-state index contributed by atoms with van der Waals surface area (Å²) in [6, 6.07) is 9.89. The van der Waals surface area contributed by atoms with Gasteiger partial charge >= 0.3 is 0 Å². The van der Waals surface area contributed by atoms with Crippen molar-refractivity contribution in [3.05, 3.63) is 87.0 Å². The van der Waals surface area contributed by atoms with Gasteiger partial charge in [-0.05, 0) is 29.2 Å². The van der Waals surface area contributed by atoms with Gasteiger partial charge in [-0.25, -0.2) is 8.78 Å². The molecular weight excluding hydrogens is 394 g/mol. The lowest BCUT2D eigenvalue weighted by atomic mass is 9.95. The predicted octanol–water partition coefficient (Wildman–Crippen LogP) is 3.44. The third-order valence-corrected chi connectivity index (χ3v) is 5.15. The first-order valence-corrected chi connectivity index (χ1v) is 9.21. The summed E-state index contributed by atoms with van der Waals surface area (Å²) in [6.07, 6.45) is 1.34. The molecule has 2 N–H and O–H groups in total. The van der Waals surface area contributed by atoms with Crippen LogP contribution in [0.1, 0.15) is 22.9 Å². The van der Waals surface area contributed by atoms with Crippen LogP contribution in [0.5, 0.6) is 0 Å². The number of ether oxygens (including phenoxy) is 1. The first-order valence-electron chi connectivity index (χ1n) is 9.21. The second-order valence-corrected chi connectivity index (χ2v) is 7.05. The van der Waals surface area contributed by atoms with Crippen molar-refractivity contribution >= 4 is 22.8 Å². The molecule has 2 heterocycles. The molecule has 0 fully saturated rings. The van der Waals surface area contributed by atoms with Crippen LogP contribution in [-0.4, -0.2) is 34.6 Å². The van der Waals surface area contributed by atoms with E-state index in [0.29, 0.717) is 16.8 Å². The molecule has 1 aliphatic rings. The van der Waals surface area contributed by atoms with Gasteiger partial charge in [0, 0.05) is 18.3 Å². The van der Waals surface area contributed by atoms with Gasteiger partial charge in [-0.3, -0.25) is 9.59 Å². The highest BCUT2D eigenvalue weighted by Crippen LogP contribution is 2.34. The van der Waals surface area contributed by atoms with Crippen molar-refractivity contribution in [1.82, 2.24) is 9.88 Å². The van der Waals surface area contributed by atoms with Crippen molar-refractivity contribution in [1.29, 1.82) is 0 Å². The van der Waals surface area contributed by atoms with E-state index in [2.05, 4.69) is 4.98 Å². The van der Waals surface area contributed by atoms with Crippen LogP contribution in [0.2, 0.25) is 0 Å². The minimum Gasteiger partial charge on any atom is -0.503 e. The zero-order chi connectivity index (χ0) is 21.4. The lowest BCUT2D eigenvalue weighted by Crippen LogP contribution is -2.38. The Morgan fingerprint density at radius 1 is 1.20 bits per heavy atom. The van der Waals surface area contributed by atoms with Gasteiger partial charge in [-0.15, -0.1) is 0 Å². The molecular formula is C22H18F2N2O4. The molecule has 6 nitrogen and oxygen atoms in total. The van der Waals surface area contributed by atoms with E-state index in [1.165, 1.54) is 18.0 Å². The zero-order valence-electron chi connectivity index (χ0n) is 16.0. The summed E-state index contributed by atoms with van der Waals surface area (Å²) in [6.45, 7) is 0.123. The summed E-state index contributed by atoms with van der Waals surface area (Å²) < 4.78 is 33.2. The third-order valence-electron chi connectivity index (χ3n) is 5.15. The van der Waals surface area contributed by atoms with Crippen LogP contribution in [-0.2, 0) is 16.1 Å². The van der Waals surface area contributed by atoms with Crippen LogP contribution in [0.4, 0.5) is 8.78 Å². The summed E-state index contributed by atoms with van der Waals surface area (Å²) in [5.74, 6) is -3.39. The topological polar surface area (TPSA) is 82.6 Å². The third kappa shape index (κ3) is 3.46. The number of hydrogen-bond donors (Lipinski definition) is 2. The smallest absolute Gasteiger partial charge is 0.289 e. The summed E-state index contributed by atoms with van der Waals surface area (Å²) in [7, 11) is 1.47. The molecule has 1 aliphatic heterocycles. The van der Waals surface area contributed by atoms with Gasteiger partial charge in [0.15, 0.2) is 17.4 Å². The number of hydrogen-bond acceptors (Lipinski definition) is 4. The predicted molar refractivity (Wildman–Crippen MR) is 107 cm³/mol. The highest BCUT2D eigenvalue weighted by Gasteiger charge is 2.32. The summed E-state index contributed by atoms with van der Waals surface area (Å²) >= 11 is 0. The number of pyridine rings is 1. The number of aliphatic hydroxyl groups excluding tert-OH is 1. The Labute approximate surface area is 170 Å². The molecule has 0 spiro atoms. The molecule has 1 aromatic heterocycles. The number of halogens is 2. The number of nitrogens with zero attached hydrogens (tertiary/aromatic N) is 1. The number of carbonyl (C=O) groups excluding carboxylic acids is 1. The van der Waals surface area contributed by atoms with Crippen molar-refractivity contribution in [2.24, 2.45) is 0 Å². The maximum atomic E-state index is 14.0. The fourth-order valence-electron chi connectivity index (χ4n) is 3.64. The van der Waals surface area contributed by atoms with Gasteiger partial charge in [0.2, 0.25) is 0 Å². The maximum Gasteiger partial charge on any atom is 0.289 e. The number of aromatic nitrogens is 1. The average Bonchev–Trinajstić information content (AvgIpc) is 2.74. The number of rotatable bonds is 3. The van der Waals surface area contributed by atoms with Crippen LogP contribution < -0.4 is 5.56 Å². The van der Waals surface area contributed by atoms with E-state index in [9.17, 15) is 23.5 Å². The van der Waals surface area contributed by atoms with E-state index in [1.807, 2.05) is 6.07 Å². The number of H-pyrrole nitrogens is 1. The molecule has 0 saturated carbocycles. The molecule has 2 aromatic carbocycles. The van der Waals surface area contributed by atoms with Crippen LogP contribution >= 0.6 is 0 Å². The van der Waals surface area contributed by atoms with Crippen LogP contribution in [0.3, 0.4) is 0 Å². The average molecular weight is 412 g/mol. The van der Waals surface area contributed by atoms with Gasteiger partial charge < -0.3 is 19.7 Å².